The predicted octanol–water partition coefficient (Wildman–Crippen LogP) is 15.6. The molecule has 0 atom stereocenters. The van der Waals surface area contributed by atoms with Gasteiger partial charge in [0.25, 0.3) is 0 Å². The first-order chi connectivity index (χ1) is 31.0. The van der Waals surface area contributed by atoms with Gasteiger partial charge in [0.15, 0.2) is 5.82 Å². The highest BCUT2D eigenvalue weighted by Gasteiger charge is 2.38. The maximum Gasteiger partial charge on any atom is 0.161 e. The average molecular weight is 804 g/mol. The molecule has 63 heavy (non-hydrogen) atoms. The molecule has 0 bridgehead atoms. The van der Waals surface area contributed by atoms with Crippen LogP contribution in [0.4, 0.5) is 0 Å². The number of aromatic nitrogens is 3. The maximum absolute atomic E-state index is 5.33. The van der Waals surface area contributed by atoms with Crippen LogP contribution in [0.5, 0.6) is 0 Å². The van der Waals surface area contributed by atoms with Crippen LogP contribution in [-0.2, 0) is 5.41 Å². The molecule has 3 nitrogen and oxygen atoms in total. The van der Waals surface area contributed by atoms with Crippen molar-refractivity contribution in [3.8, 4) is 78.4 Å². The van der Waals surface area contributed by atoms with Gasteiger partial charge in [0, 0.05) is 40.1 Å². The zero-order valence-electron chi connectivity index (χ0n) is 35.0. The van der Waals surface area contributed by atoms with Gasteiger partial charge in [-0.1, -0.05) is 190 Å². The predicted molar refractivity (Wildman–Crippen MR) is 263 cm³/mol. The normalized spacial score (nSPS) is 12.7. The Hall–Kier alpha value is -8.01. The van der Waals surface area contributed by atoms with Gasteiger partial charge in [-0.25, -0.2) is 9.97 Å². The third-order valence-corrected chi connectivity index (χ3v) is 13.2. The van der Waals surface area contributed by atoms with Gasteiger partial charge in [-0.3, -0.25) is 4.98 Å². The fourth-order valence-corrected chi connectivity index (χ4v) is 10.1. The standard InChI is InChI=1S/C60H41N3/c1-60(2)53-27-13-26-51(58(53)57-43-21-7-6-15-38(43)28-33-54(57)60)50-30-29-48(44-22-8-9-23-45(44)50)49-31-32-52(47-25-11-10-24-46(47)49)59-62-55(39-16-4-3-5-17-39)36-56(63-59)41-19-12-18-40(35-41)42-20-14-34-61-37-42/h3-37H,1-2H3. The van der Waals surface area contributed by atoms with Gasteiger partial charge in [0.2, 0.25) is 0 Å². The fourth-order valence-electron chi connectivity index (χ4n) is 10.1. The van der Waals surface area contributed by atoms with E-state index in [2.05, 4.69) is 207 Å². The average Bonchev–Trinajstić information content (AvgIpc) is 3.60. The second-order valence-electron chi connectivity index (χ2n) is 17.1. The van der Waals surface area contributed by atoms with Gasteiger partial charge < -0.3 is 0 Å². The van der Waals surface area contributed by atoms with E-state index in [1.807, 2.05) is 18.3 Å². The summed E-state index contributed by atoms with van der Waals surface area (Å²) in [6, 6.07) is 72.3. The minimum Gasteiger partial charge on any atom is -0.264 e. The van der Waals surface area contributed by atoms with Gasteiger partial charge in [-0.2, -0.15) is 0 Å². The summed E-state index contributed by atoms with van der Waals surface area (Å²) < 4.78 is 0. The van der Waals surface area contributed by atoms with Crippen molar-refractivity contribution in [3.05, 3.63) is 224 Å². The molecule has 296 valence electrons. The number of benzene rings is 9. The molecule has 2 aromatic heterocycles. The van der Waals surface area contributed by atoms with E-state index in [4.69, 9.17) is 9.97 Å². The molecule has 0 saturated carbocycles. The highest BCUT2D eigenvalue weighted by atomic mass is 14.9. The van der Waals surface area contributed by atoms with Crippen molar-refractivity contribution in [1.82, 2.24) is 15.0 Å². The maximum atomic E-state index is 5.33. The number of nitrogens with zero attached hydrogens (tertiary/aromatic N) is 3. The summed E-state index contributed by atoms with van der Waals surface area (Å²) in [5.41, 5.74) is 17.2. The van der Waals surface area contributed by atoms with Crippen molar-refractivity contribution >= 4 is 32.3 Å². The van der Waals surface area contributed by atoms with Crippen molar-refractivity contribution in [2.24, 2.45) is 0 Å². The Morgan fingerprint density at radius 3 is 1.59 bits per heavy atom. The van der Waals surface area contributed by atoms with Gasteiger partial charge in [-0.05, 0) is 107 Å². The van der Waals surface area contributed by atoms with E-state index >= 15 is 0 Å². The van der Waals surface area contributed by atoms with Crippen molar-refractivity contribution < 1.29 is 0 Å². The van der Waals surface area contributed by atoms with Crippen LogP contribution in [0.15, 0.2) is 213 Å². The molecule has 0 spiro atoms. The van der Waals surface area contributed by atoms with Gasteiger partial charge in [0.05, 0.1) is 11.4 Å². The summed E-state index contributed by atoms with van der Waals surface area (Å²) in [7, 11) is 0. The number of rotatable bonds is 6. The van der Waals surface area contributed by atoms with E-state index in [-0.39, 0.29) is 5.41 Å². The van der Waals surface area contributed by atoms with Gasteiger partial charge in [0.1, 0.15) is 0 Å². The molecule has 11 aromatic rings. The van der Waals surface area contributed by atoms with Crippen molar-refractivity contribution in [2.75, 3.05) is 0 Å². The first-order valence-electron chi connectivity index (χ1n) is 21.7. The molecule has 3 heteroatoms. The highest BCUT2D eigenvalue weighted by Crippen LogP contribution is 2.55. The molecule has 0 saturated heterocycles. The highest BCUT2D eigenvalue weighted by molar-refractivity contribution is 6.14. The van der Waals surface area contributed by atoms with Crippen LogP contribution in [0.2, 0.25) is 0 Å². The smallest absolute Gasteiger partial charge is 0.161 e. The third kappa shape index (κ3) is 6.00. The summed E-state index contributed by atoms with van der Waals surface area (Å²) in [6.45, 7) is 4.74. The molecule has 0 aliphatic heterocycles. The lowest BCUT2D eigenvalue weighted by Crippen LogP contribution is -2.14. The summed E-state index contributed by atoms with van der Waals surface area (Å²) in [6.07, 6.45) is 3.71. The van der Waals surface area contributed by atoms with Crippen molar-refractivity contribution in [1.29, 1.82) is 0 Å². The first-order valence-corrected chi connectivity index (χ1v) is 21.7. The zero-order chi connectivity index (χ0) is 42.1. The molecular formula is C60H41N3. The molecule has 0 unspecified atom stereocenters. The van der Waals surface area contributed by atoms with Crippen molar-refractivity contribution in [3.63, 3.8) is 0 Å². The van der Waals surface area contributed by atoms with Crippen LogP contribution in [0.3, 0.4) is 0 Å². The molecule has 0 amide bonds. The van der Waals surface area contributed by atoms with Crippen LogP contribution in [0.1, 0.15) is 25.0 Å². The molecule has 0 N–H and O–H groups in total. The Labute approximate surface area is 367 Å². The van der Waals surface area contributed by atoms with Crippen LogP contribution in [0, 0.1) is 0 Å². The zero-order valence-corrected chi connectivity index (χ0v) is 35.0. The molecule has 1 aliphatic carbocycles. The lowest BCUT2D eigenvalue weighted by Gasteiger charge is -2.22. The summed E-state index contributed by atoms with van der Waals surface area (Å²) in [5.74, 6) is 0.690. The molecular weight excluding hydrogens is 763 g/mol. The van der Waals surface area contributed by atoms with E-state index in [0.717, 1.165) is 50.0 Å². The van der Waals surface area contributed by atoms with E-state index in [1.165, 1.54) is 66.1 Å². The molecule has 0 fully saturated rings. The molecule has 0 radical (unpaired) electrons. The summed E-state index contributed by atoms with van der Waals surface area (Å²) in [5, 5.41) is 7.30. The fraction of sp³-hybridized carbons (Fsp3) is 0.0500. The number of hydrogen-bond donors (Lipinski definition) is 0. The Morgan fingerprint density at radius 1 is 0.349 bits per heavy atom. The Morgan fingerprint density at radius 2 is 0.889 bits per heavy atom. The monoisotopic (exact) mass is 803 g/mol. The Bertz CT molecular complexity index is 3590. The first kappa shape index (κ1) is 36.8. The minimum absolute atomic E-state index is 0.115. The minimum atomic E-state index is -0.115. The summed E-state index contributed by atoms with van der Waals surface area (Å²) in [4.78, 5) is 15.0. The van der Waals surface area contributed by atoms with E-state index < -0.39 is 0 Å². The van der Waals surface area contributed by atoms with Crippen LogP contribution >= 0.6 is 0 Å². The largest absolute Gasteiger partial charge is 0.264 e. The second-order valence-corrected chi connectivity index (χ2v) is 17.1. The van der Waals surface area contributed by atoms with Gasteiger partial charge in [-0.15, -0.1) is 0 Å². The van der Waals surface area contributed by atoms with Crippen LogP contribution in [-0.4, -0.2) is 15.0 Å². The SMILES string of the molecule is CC1(C)c2cccc(-c3ccc(-c4ccc(-c5nc(-c6ccccc6)cc(-c6cccc(-c7cccnc7)c6)n5)c5ccccc45)c4ccccc34)c2-c2c1ccc1ccccc21. The molecule has 12 rings (SSSR count). The number of pyridine rings is 1. The second kappa shape index (κ2) is 14.6. The lowest BCUT2D eigenvalue weighted by molar-refractivity contribution is 0.661. The Balaban J connectivity index is 1.02. The lowest BCUT2D eigenvalue weighted by atomic mass is 9.81. The van der Waals surface area contributed by atoms with E-state index in [0.29, 0.717) is 5.82 Å². The Kier molecular flexibility index (Phi) is 8.52. The molecule has 1 aliphatic rings. The third-order valence-electron chi connectivity index (χ3n) is 13.2. The van der Waals surface area contributed by atoms with Gasteiger partial charge >= 0.3 is 0 Å². The summed E-state index contributed by atoms with van der Waals surface area (Å²) >= 11 is 0. The van der Waals surface area contributed by atoms with Crippen molar-refractivity contribution in [2.45, 2.75) is 19.3 Å². The van der Waals surface area contributed by atoms with Crippen LogP contribution in [0.25, 0.3) is 111 Å². The topological polar surface area (TPSA) is 38.7 Å². The number of hydrogen-bond acceptors (Lipinski definition) is 3. The number of fused-ring (bicyclic) bond motifs is 7. The van der Waals surface area contributed by atoms with E-state index in [9.17, 15) is 0 Å². The molecule has 2 heterocycles. The van der Waals surface area contributed by atoms with E-state index in [1.54, 1.807) is 6.20 Å². The quantitative estimate of drug-likeness (QED) is 0.168. The van der Waals surface area contributed by atoms with Crippen LogP contribution < -0.4 is 0 Å². The molecule has 9 aromatic carbocycles.